The van der Waals surface area contributed by atoms with Crippen LogP contribution in [0.5, 0.6) is 0 Å². The largest absolute Gasteiger partial charge is 0.480 e. The molecule has 0 atom stereocenters. The molecule has 1 aromatic rings. The van der Waals surface area contributed by atoms with Crippen molar-refractivity contribution in [1.29, 1.82) is 0 Å². The average Bonchev–Trinajstić information content (AvgIpc) is 3.37. The Hall–Kier alpha value is -1.88. The fourth-order valence-electron chi connectivity index (χ4n) is 4.60. The third-order valence-electron chi connectivity index (χ3n) is 6.50. The molecule has 1 amide bonds. The second-order valence-corrected chi connectivity index (χ2v) is 8.81. The van der Waals surface area contributed by atoms with Crippen molar-refractivity contribution in [3.63, 3.8) is 0 Å². The molecule has 27 heavy (non-hydrogen) atoms. The zero-order chi connectivity index (χ0) is 18.8. The lowest BCUT2D eigenvalue weighted by molar-refractivity contribution is -0.140. The molecule has 0 heterocycles. The van der Waals surface area contributed by atoms with Gasteiger partial charge >= 0.3 is 5.97 Å². The highest BCUT2D eigenvalue weighted by Crippen LogP contribution is 2.43. The first-order valence-corrected chi connectivity index (χ1v) is 10.4. The predicted octanol–water partition coefficient (Wildman–Crippen LogP) is 3.01. The van der Waals surface area contributed by atoms with Crippen LogP contribution in [0.25, 0.3) is 0 Å². The number of hydrogen-bond donors (Lipinski definition) is 2. The van der Waals surface area contributed by atoms with Crippen LogP contribution in [0.15, 0.2) is 30.3 Å². The molecule has 2 N–H and O–H groups in total. The standard InChI is InChI=1S/C22H30N2O3/c25-21(10-16-8-18(9-16)17-4-2-1-3-5-17)23-19-11-20(12-19)24(14-22(26)27)13-15-6-7-15/h1-5,15-16,18-20H,6-14H2,(H,23,25)(H,26,27). The zero-order valence-electron chi connectivity index (χ0n) is 15.8. The first-order chi connectivity index (χ1) is 13.1. The normalized spacial score (nSPS) is 29.7. The Morgan fingerprint density at radius 2 is 1.74 bits per heavy atom. The van der Waals surface area contributed by atoms with Crippen LogP contribution < -0.4 is 5.32 Å². The summed E-state index contributed by atoms with van der Waals surface area (Å²) in [6, 6.07) is 11.1. The van der Waals surface area contributed by atoms with E-state index >= 15 is 0 Å². The Labute approximate surface area is 161 Å². The van der Waals surface area contributed by atoms with Crippen LogP contribution in [-0.4, -0.2) is 47.1 Å². The fourth-order valence-corrected chi connectivity index (χ4v) is 4.60. The highest BCUT2D eigenvalue weighted by molar-refractivity contribution is 5.76. The van der Waals surface area contributed by atoms with Gasteiger partial charge in [0.25, 0.3) is 0 Å². The molecule has 0 saturated heterocycles. The van der Waals surface area contributed by atoms with E-state index in [4.69, 9.17) is 5.11 Å². The molecule has 0 unspecified atom stereocenters. The summed E-state index contributed by atoms with van der Waals surface area (Å²) in [6.07, 6.45) is 7.09. The van der Waals surface area contributed by atoms with Crippen molar-refractivity contribution in [2.24, 2.45) is 11.8 Å². The Morgan fingerprint density at radius 1 is 1.04 bits per heavy atom. The first kappa shape index (κ1) is 18.5. The van der Waals surface area contributed by atoms with Crippen molar-refractivity contribution < 1.29 is 14.7 Å². The molecule has 5 nitrogen and oxygen atoms in total. The number of benzene rings is 1. The van der Waals surface area contributed by atoms with E-state index in [1.54, 1.807) is 0 Å². The number of carboxylic acids is 1. The highest BCUT2D eigenvalue weighted by Gasteiger charge is 2.38. The molecule has 3 aliphatic carbocycles. The maximum atomic E-state index is 12.3. The van der Waals surface area contributed by atoms with Crippen LogP contribution in [-0.2, 0) is 9.59 Å². The SMILES string of the molecule is O=C(O)CN(CC1CC1)C1CC(NC(=O)CC2CC(c3ccccc3)C2)C1. The van der Waals surface area contributed by atoms with Gasteiger partial charge in [0.15, 0.2) is 0 Å². The van der Waals surface area contributed by atoms with Gasteiger partial charge in [0.2, 0.25) is 5.91 Å². The van der Waals surface area contributed by atoms with Gasteiger partial charge in [0.1, 0.15) is 0 Å². The molecule has 0 bridgehead atoms. The Kier molecular flexibility index (Phi) is 5.48. The van der Waals surface area contributed by atoms with E-state index in [1.807, 2.05) is 6.07 Å². The average molecular weight is 370 g/mol. The molecule has 5 heteroatoms. The number of rotatable bonds is 9. The van der Waals surface area contributed by atoms with Gasteiger partial charge in [-0.3, -0.25) is 14.5 Å². The van der Waals surface area contributed by atoms with Gasteiger partial charge in [-0.15, -0.1) is 0 Å². The van der Waals surface area contributed by atoms with Gasteiger partial charge in [-0.1, -0.05) is 30.3 Å². The smallest absolute Gasteiger partial charge is 0.317 e. The minimum Gasteiger partial charge on any atom is -0.480 e. The fraction of sp³-hybridized carbons (Fsp3) is 0.636. The summed E-state index contributed by atoms with van der Waals surface area (Å²) >= 11 is 0. The second-order valence-electron chi connectivity index (χ2n) is 8.81. The maximum absolute atomic E-state index is 12.3. The molecule has 4 rings (SSSR count). The monoisotopic (exact) mass is 370 g/mol. The molecule has 1 aromatic carbocycles. The molecule has 0 spiro atoms. The molecule has 3 saturated carbocycles. The second kappa shape index (κ2) is 8.01. The molecule has 3 aliphatic rings. The minimum absolute atomic E-state index is 0.130. The quantitative estimate of drug-likeness (QED) is 0.701. The molecule has 0 aliphatic heterocycles. The van der Waals surface area contributed by atoms with Crippen LogP contribution in [0.2, 0.25) is 0 Å². The number of carbonyl (C=O) groups is 2. The lowest BCUT2D eigenvalue weighted by atomic mass is 9.70. The summed E-state index contributed by atoms with van der Waals surface area (Å²) < 4.78 is 0. The summed E-state index contributed by atoms with van der Waals surface area (Å²) in [6.45, 7) is 1.03. The van der Waals surface area contributed by atoms with Crippen molar-refractivity contribution in [3.05, 3.63) is 35.9 Å². The van der Waals surface area contributed by atoms with Crippen LogP contribution in [0.1, 0.15) is 56.4 Å². The summed E-state index contributed by atoms with van der Waals surface area (Å²) in [5, 5.41) is 12.3. The van der Waals surface area contributed by atoms with E-state index in [1.165, 1.54) is 18.4 Å². The van der Waals surface area contributed by atoms with Gasteiger partial charge in [-0.05, 0) is 61.8 Å². The molecule has 0 aromatic heterocycles. The van der Waals surface area contributed by atoms with Crippen molar-refractivity contribution in [3.8, 4) is 0 Å². The zero-order valence-corrected chi connectivity index (χ0v) is 15.8. The first-order valence-electron chi connectivity index (χ1n) is 10.4. The van der Waals surface area contributed by atoms with E-state index < -0.39 is 5.97 Å². The number of aliphatic carboxylic acids is 1. The maximum Gasteiger partial charge on any atom is 0.317 e. The third-order valence-corrected chi connectivity index (χ3v) is 6.50. The van der Waals surface area contributed by atoms with Crippen LogP contribution in [0.3, 0.4) is 0 Å². The summed E-state index contributed by atoms with van der Waals surface area (Å²) in [5.74, 6) is 1.23. The van der Waals surface area contributed by atoms with Gasteiger partial charge in [0, 0.05) is 25.0 Å². The number of hydrogen-bond acceptors (Lipinski definition) is 3. The van der Waals surface area contributed by atoms with Crippen molar-refractivity contribution in [2.45, 2.75) is 62.9 Å². The Balaban J connectivity index is 1.15. The minimum atomic E-state index is -0.749. The number of nitrogens with one attached hydrogen (secondary N) is 1. The van der Waals surface area contributed by atoms with Crippen LogP contribution in [0.4, 0.5) is 0 Å². The van der Waals surface area contributed by atoms with Gasteiger partial charge in [-0.2, -0.15) is 0 Å². The van der Waals surface area contributed by atoms with E-state index in [9.17, 15) is 9.59 Å². The molecular weight excluding hydrogens is 340 g/mol. The van der Waals surface area contributed by atoms with E-state index in [0.717, 1.165) is 32.2 Å². The lowest BCUT2D eigenvalue weighted by Gasteiger charge is -2.43. The topological polar surface area (TPSA) is 69.6 Å². The summed E-state index contributed by atoms with van der Waals surface area (Å²) in [4.78, 5) is 25.5. The third kappa shape index (κ3) is 4.89. The Bertz CT molecular complexity index is 661. The van der Waals surface area contributed by atoms with E-state index in [2.05, 4.69) is 34.5 Å². The predicted molar refractivity (Wildman–Crippen MR) is 103 cm³/mol. The van der Waals surface area contributed by atoms with Crippen LogP contribution in [0, 0.1) is 11.8 Å². The summed E-state index contributed by atoms with van der Waals surface area (Å²) in [5.41, 5.74) is 1.39. The van der Waals surface area contributed by atoms with E-state index in [0.29, 0.717) is 30.2 Å². The van der Waals surface area contributed by atoms with Gasteiger partial charge in [-0.25, -0.2) is 0 Å². The van der Waals surface area contributed by atoms with Crippen LogP contribution >= 0.6 is 0 Å². The van der Waals surface area contributed by atoms with Gasteiger partial charge < -0.3 is 10.4 Å². The molecule has 0 radical (unpaired) electrons. The van der Waals surface area contributed by atoms with Gasteiger partial charge in [0.05, 0.1) is 6.54 Å². The molecular formula is C22H30N2O3. The van der Waals surface area contributed by atoms with E-state index in [-0.39, 0.29) is 18.5 Å². The number of amides is 1. The van der Waals surface area contributed by atoms with Crippen molar-refractivity contribution in [1.82, 2.24) is 10.2 Å². The molecule has 146 valence electrons. The number of nitrogens with zero attached hydrogens (tertiary/aromatic N) is 1. The number of carboxylic acid groups (broad SMARTS) is 1. The molecule has 3 fully saturated rings. The summed E-state index contributed by atoms with van der Waals surface area (Å²) in [7, 11) is 0. The number of carbonyl (C=O) groups excluding carboxylic acids is 1. The van der Waals surface area contributed by atoms with Crippen molar-refractivity contribution in [2.75, 3.05) is 13.1 Å². The highest BCUT2D eigenvalue weighted by atomic mass is 16.4. The van der Waals surface area contributed by atoms with Crippen molar-refractivity contribution >= 4 is 11.9 Å². The lowest BCUT2D eigenvalue weighted by Crippen LogP contribution is -2.55. The Morgan fingerprint density at radius 3 is 2.37 bits per heavy atom.